The van der Waals surface area contributed by atoms with Crippen LogP contribution < -0.4 is 14.4 Å². The van der Waals surface area contributed by atoms with Gasteiger partial charge in [-0.25, -0.2) is 0 Å². The van der Waals surface area contributed by atoms with E-state index in [0.717, 1.165) is 38.1 Å². The van der Waals surface area contributed by atoms with Gasteiger partial charge in [0.05, 0.1) is 24.3 Å². The zero-order chi connectivity index (χ0) is 20.6. The van der Waals surface area contributed by atoms with E-state index in [0.29, 0.717) is 41.3 Å². The van der Waals surface area contributed by atoms with Crippen molar-refractivity contribution in [3.05, 3.63) is 52.5 Å². The highest BCUT2D eigenvalue weighted by Gasteiger charge is 2.19. The molecule has 1 heterocycles. The second-order valence-electron chi connectivity index (χ2n) is 7.62. The molecule has 1 N–H and O–H groups in total. The van der Waals surface area contributed by atoms with Gasteiger partial charge in [-0.05, 0) is 74.6 Å². The van der Waals surface area contributed by atoms with Crippen LogP contribution in [0, 0.1) is 5.92 Å². The molecule has 1 fully saturated rings. The quantitative estimate of drug-likeness (QED) is 0.535. The first-order valence-electron chi connectivity index (χ1n) is 10.2. The maximum absolute atomic E-state index is 9.29. The Morgan fingerprint density at radius 1 is 1.03 bits per heavy atom. The SMILES string of the molecule is CC(O)CCOc1ccc(N2CCC(CCOc3ccc(Cl)cc3Cl)CC2)cc1. The Bertz CT molecular complexity index is 759. The second kappa shape index (κ2) is 11.0. The lowest BCUT2D eigenvalue weighted by atomic mass is 9.93. The fourth-order valence-corrected chi connectivity index (χ4v) is 3.97. The Labute approximate surface area is 183 Å². The van der Waals surface area contributed by atoms with Gasteiger partial charge in [0.25, 0.3) is 0 Å². The first-order chi connectivity index (χ1) is 14.0. The molecule has 3 rings (SSSR count). The number of piperidine rings is 1. The summed E-state index contributed by atoms with van der Waals surface area (Å²) in [5, 5.41) is 10.5. The minimum absolute atomic E-state index is 0.329. The van der Waals surface area contributed by atoms with Gasteiger partial charge in [-0.15, -0.1) is 0 Å². The first kappa shape index (κ1) is 22.1. The molecule has 6 heteroatoms. The van der Waals surface area contributed by atoms with Crippen LogP contribution >= 0.6 is 23.2 Å². The van der Waals surface area contributed by atoms with Crippen LogP contribution in [0.3, 0.4) is 0 Å². The summed E-state index contributed by atoms with van der Waals surface area (Å²) in [5.74, 6) is 2.21. The lowest BCUT2D eigenvalue weighted by Gasteiger charge is -2.33. The van der Waals surface area contributed by atoms with E-state index >= 15 is 0 Å². The lowest BCUT2D eigenvalue weighted by molar-refractivity contribution is 0.155. The number of aliphatic hydroxyl groups is 1. The van der Waals surface area contributed by atoms with Crippen LogP contribution in [0.25, 0.3) is 0 Å². The summed E-state index contributed by atoms with van der Waals surface area (Å²) >= 11 is 12.1. The van der Waals surface area contributed by atoms with Crippen LogP contribution in [-0.4, -0.2) is 37.5 Å². The highest BCUT2D eigenvalue weighted by Crippen LogP contribution is 2.29. The zero-order valence-corrected chi connectivity index (χ0v) is 18.3. The van der Waals surface area contributed by atoms with Crippen LogP contribution in [0.15, 0.2) is 42.5 Å². The maximum atomic E-state index is 9.29. The van der Waals surface area contributed by atoms with Crippen molar-refractivity contribution >= 4 is 28.9 Å². The Balaban J connectivity index is 1.38. The third kappa shape index (κ3) is 6.98. The summed E-state index contributed by atoms with van der Waals surface area (Å²) in [4.78, 5) is 2.42. The molecule has 0 saturated carbocycles. The fraction of sp³-hybridized carbons (Fsp3) is 0.478. The van der Waals surface area contributed by atoms with E-state index < -0.39 is 0 Å². The van der Waals surface area contributed by atoms with E-state index in [1.54, 1.807) is 19.1 Å². The highest BCUT2D eigenvalue weighted by atomic mass is 35.5. The molecule has 4 nitrogen and oxygen atoms in total. The minimum atomic E-state index is -0.329. The minimum Gasteiger partial charge on any atom is -0.493 e. The van der Waals surface area contributed by atoms with Gasteiger partial charge in [0.15, 0.2) is 0 Å². The number of benzene rings is 2. The number of halogens is 2. The van der Waals surface area contributed by atoms with E-state index in [1.165, 1.54) is 5.69 Å². The van der Waals surface area contributed by atoms with Gasteiger partial charge in [-0.1, -0.05) is 23.2 Å². The van der Waals surface area contributed by atoms with Crippen molar-refractivity contribution in [1.29, 1.82) is 0 Å². The van der Waals surface area contributed by atoms with E-state index in [-0.39, 0.29) is 6.10 Å². The van der Waals surface area contributed by atoms with Gasteiger partial charge in [0.2, 0.25) is 0 Å². The molecule has 0 radical (unpaired) electrons. The molecule has 29 heavy (non-hydrogen) atoms. The Hall–Kier alpha value is -1.62. The van der Waals surface area contributed by atoms with E-state index in [9.17, 15) is 5.11 Å². The third-order valence-corrected chi connectivity index (χ3v) is 5.83. The molecule has 2 aromatic rings. The number of hydrogen-bond acceptors (Lipinski definition) is 4. The average Bonchev–Trinajstić information content (AvgIpc) is 2.70. The van der Waals surface area contributed by atoms with Crippen molar-refractivity contribution in [2.45, 2.75) is 38.7 Å². The van der Waals surface area contributed by atoms with Gasteiger partial charge in [-0.3, -0.25) is 0 Å². The Kier molecular flexibility index (Phi) is 8.34. The molecular formula is C23H29Cl2NO3. The Morgan fingerprint density at radius 2 is 1.76 bits per heavy atom. The summed E-state index contributed by atoms with van der Waals surface area (Å²) in [7, 11) is 0. The number of aliphatic hydroxyl groups excluding tert-OH is 1. The standard InChI is InChI=1S/C23H29Cl2NO3/c1-17(27)10-14-28-21-5-3-20(4-6-21)26-12-8-18(9-13-26)11-15-29-23-7-2-19(24)16-22(23)25/h2-7,16-18,27H,8-15H2,1H3. The van der Waals surface area contributed by atoms with Gasteiger partial charge in [0, 0.05) is 30.2 Å². The Morgan fingerprint density at radius 3 is 2.41 bits per heavy atom. The molecule has 1 unspecified atom stereocenters. The third-order valence-electron chi connectivity index (χ3n) is 5.30. The molecular weight excluding hydrogens is 409 g/mol. The molecule has 0 spiro atoms. The van der Waals surface area contributed by atoms with Crippen LogP contribution in [0.2, 0.25) is 10.0 Å². The summed E-state index contributed by atoms with van der Waals surface area (Å²) in [6, 6.07) is 13.6. The highest BCUT2D eigenvalue weighted by molar-refractivity contribution is 6.35. The van der Waals surface area contributed by atoms with Crippen LogP contribution in [0.5, 0.6) is 11.5 Å². The van der Waals surface area contributed by atoms with Gasteiger partial charge in [0.1, 0.15) is 11.5 Å². The molecule has 0 amide bonds. The average molecular weight is 438 g/mol. The molecule has 0 bridgehead atoms. The number of hydrogen-bond donors (Lipinski definition) is 1. The molecule has 2 aromatic carbocycles. The predicted molar refractivity (Wildman–Crippen MR) is 120 cm³/mol. The summed E-state index contributed by atoms with van der Waals surface area (Å²) in [6.07, 6.45) is 3.66. The largest absolute Gasteiger partial charge is 0.493 e. The normalized spacial score (nSPS) is 15.9. The lowest BCUT2D eigenvalue weighted by Crippen LogP contribution is -2.34. The van der Waals surface area contributed by atoms with Gasteiger partial charge in [-0.2, -0.15) is 0 Å². The van der Waals surface area contributed by atoms with Crippen molar-refractivity contribution in [1.82, 2.24) is 0 Å². The van der Waals surface area contributed by atoms with E-state index in [1.807, 2.05) is 18.2 Å². The zero-order valence-electron chi connectivity index (χ0n) is 16.8. The van der Waals surface area contributed by atoms with Gasteiger partial charge < -0.3 is 19.5 Å². The van der Waals surface area contributed by atoms with E-state index in [2.05, 4.69) is 17.0 Å². The second-order valence-corrected chi connectivity index (χ2v) is 8.47. The monoisotopic (exact) mass is 437 g/mol. The fourth-order valence-electron chi connectivity index (χ4n) is 3.51. The van der Waals surface area contributed by atoms with E-state index in [4.69, 9.17) is 32.7 Å². The van der Waals surface area contributed by atoms with Crippen molar-refractivity contribution in [2.75, 3.05) is 31.2 Å². The number of nitrogens with zero attached hydrogens (tertiary/aromatic N) is 1. The van der Waals surface area contributed by atoms with Crippen molar-refractivity contribution in [3.63, 3.8) is 0 Å². The summed E-state index contributed by atoms with van der Waals surface area (Å²) in [6.45, 7) is 5.08. The molecule has 1 atom stereocenters. The number of anilines is 1. The summed E-state index contributed by atoms with van der Waals surface area (Å²) in [5.41, 5.74) is 1.23. The molecule has 158 valence electrons. The smallest absolute Gasteiger partial charge is 0.137 e. The summed E-state index contributed by atoms with van der Waals surface area (Å²) < 4.78 is 11.5. The van der Waals surface area contributed by atoms with Crippen molar-refractivity contribution in [2.24, 2.45) is 5.92 Å². The predicted octanol–water partition coefficient (Wildman–Crippen LogP) is 5.83. The maximum Gasteiger partial charge on any atom is 0.137 e. The number of rotatable bonds is 9. The van der Waals surface area contributed by atoms with Crippen molar-refractivity contribution < 1.29 is 14.6 Å². The topological polar surface area (TPSA) is 41.9 Å². The van der Waals surface area contributed by atoms with Crippen LogP contribution in [0.1, 0.15) is 32.6 Å². The molecule has 1 aliphatic rings. The first-order valence-corrected chi connectivity index (χ1v) is 11.0. The van der Waals surface area contributed by atoms with Gasteiger partial charge >= 0.3 is 0 Å². The number of ether oxygens (including phenoxy) is 2. The van der Waals surface area contributed by atoms with Crippen molar-refractivity contribution in [3.8, 4) is 11.5 Å². The van der Waals surface area contributed by atoms with Crippen LogP contribution in [-0.2, 0) is 0 Å². The van der Waals surface area contributed by atoms with Crippen LogP contribution in [0.4, 0.5) is 5.69 Å². The molecule has 0 aliphatic carbocycles. The molecule has 1 saturated heterocycles. The molecule has 1 aliphatic heterocycles. The molecule has 0 aromatic heterocycles.